The minimum absolute atomic E-state index is 0.876. The number of hydrogen-bond acceptors (Lipinski definition) is 3. The van der Waals surface area contributed by atoms with Crippen LogP contribution in [0.5, 0.6) is 0 Å². The molecule has 0 saturated heterocycles. The highest BCUT2D eigenvalue weighted by Gasteiger charge is 2.08. The first-order valence-corrected chi connectivity index (χ1v) is 8.60. The summed E-state index contributed by atoms with van der Waals surface area (Å²) in [4.78, 5) is 4.58. The van der Waals surface area contributed by atoms with E-state index in [1.165, 1.54) is 0 Å². The summed E-state index contributed by atoms with van der Waals surface area (Å²) in [6.45, 7) is 0. The van der Waals surface area contributed by atoms with Gasteiger partial charge in [-0.3, -0.25) is 0 Å². The number of hydrogen-bond donors (Lipinski definition) is 1. The van der Waals surface area contributed by atoms with E-state index in [1.54, 1.807) is 11.3 Å². The molecular formula is C13H7Br3N2S. The van der Waals surface area contributed by atoms with Crippen LogP contribution in [0.2, 0.25) is 0 Å². The van der Waals surface area contributed by atoms with Crippen LogP contribution in [0.15, 0.2) is 49.8 Å². The lowest BCUT2D eigenvalue weighted by Gasteiger charge is -2.07. The number of nitrogens with one attached hydrogen (secondary N) is 1. The Morgan fingerprint density at radius 2 is 1.74 bits per heavy atom. The fourth-order valence-corrected chi connectivity index (χ4v) is 4.29. The van der Waals surface area contributed by atoms with Gasteiger partial charge in [-0.05, 0) is 62.2 Å². The van der Waals surface area contributed by atoms with Crippen LogP contribution in [-0.4, -0.2) is 4.98 Å². The Bertz CT molecular complexity index is 734. The zero-order valence-corrected chi connectivity index (χ0v) is 15.0. The van der Waals surface area contributed by atoms with Gasteiger partial charge < -0.3 is 5.32 Å². The van der Waals surface area contributed by atoms with Crippen molar-refractivity contribution in [3.05, 3.63) is 49.8 Å². The molecule has 0 bridgehead atoms. The van der Waals surface area contributed by atoms with Crippen molar-refractivity contribution >= 4 is 80.2 Å². The van der Waals surface area contributed by atoms with Gasteiger partial charge >= 0.3 is 0 Å². The first-order chi connectivity index (χ1) is 9.13. The number of fused-ring (bicyclic) bond motifs is 1. The fraction of sp³-hybridized carbons (Fsp3) is 0. The Labute approximate surface area is 139 Å². The molecule has 0 fully saturated rings. The number of thiazole rings is 1. The Hall–Kier alpha value is -0.430. The van der Waals surface area contributed by atoms with Crippen molar-refractivity contribution < 1.29 is 0 Å². The summed E-state index contributed by atoms with van der Waals surface area (Å²) in [6.07, 6.45) is 0. The maximum absolute atomic E-state index is 4.58. The molecule has 0 spiro atoms. The number of aromatic nitrogens is 1. The second kappa shape index (κ2) is 5.52. The third kappa shape index (κ3) is 2.86. The zero-order valence-electron chi connectivity index (χ0n) is 9.45. The molecule has 0 aliphatic carbocycles. The summed E-state index contributed by atoms with van der Waals surface area (Å²) in [5.74, 6) is 0. The first-order valence-electron chi connectivity index (χ1n) is 5.40. The van der Waals surface area contributed by atoms with E-state index in [4.69, 9.17) is 0 Å². The maximum atomic E-state index is 4.58. The van der Waals surface area contributed by atoms with E-state index in [9.17, 15) is 0 Å². The molecule has 0 aliphatic rings. The molecule has 2 nitrogen and oxygen atoms in total. The van der Waals surface area contributed by atoms with E-state index < -0.39 is 0 Å². The molecule has 0 amide bonds. The van der Waals surface area contributed by atoms with Crippen molar-refractivity contribution in [1.29, 1.82) is 0 Å². The molecular weight excluding hydrogens is 456 g/mol. The molecule has 2 aromatic carbocycles. The van der Waals surface area contributed by atoms with Gasteiger partial charge in [0.05, 0.1) is 15.9 Å². The average Bonchev–Trinajstić information content (AvgIpc) is 2.75. The monoisotopic (exact) mass is 460 g/mol. The normalized spacial score (nSPS) is 10.9. The van der Waals surface area contributed by atoms with Crippen LogP contribution in [0.1, 0.15) is 0 Å². The van der Waals surface area contributed by atoms with Crippen LogP contribution in [0.4, 0.5) is 10.8 Å². The van der Waals surface area contributed by atoms with E-state index in [-0.39, 0.29) is 0 Å². The number of para-hydroxylation sites is 1. The van der Waals surface area contributed by atoms with Crippen LogP contribution in [0.3, 0.4) is 0 Å². The summed E-state index contributed by atoms with van der Waals surface area (Å²) < 4.78 is 4.22. The quantitative estimate of drug-likeness (QED) is 0.481. The standard InChI is InChI=1S/C13H7Br3N2S/c14-7-4-5-10-11(6-7)19-13(17-10)18-12-8(15)2-1-3-9(12)16/h1-6H,(H,17,18). The highest BCUT2D eigenvalue weighted by molar-refractivity contribution is 9.11. The van der Waals surface area contributed by atoms with Gasteiger partial charge in [-0.1, -0.05) is 33.3 Å². The fourth-order valence-electron chi connectivity index (χ4n) is 1.68. The zero-order chi connectivity index (χ0) is 13.4. The van der Waals surface area contributed by atoms with Gasteiger partial charge in [0.15, 0.2) is 5.13 Å². The summed E-state index contributed by atoms with van der Waals surface area (Å²) in [6, 6.07) is 12.1. The number of halogens is 3. The molecule has 6 heteroatoms. The Kier molecular flexibility index (Phi) is 3.93. The van der Waals surface area contributed by atoms with E-state index in [2.05, 4.69) is 64.2 Å². The topological polar surface area (TPSA) is 24.9 Å². The lowest BCUT2D eigenvalue weighted by Crippen LogP contribution is -1.91. The van der Waals surface area contributed by atoms with E-state index >= 15 is 0 Å². The number of anilines is 2. The van der Waals surface area contributed by atoms with Crippen molar-refractivity contribution in [3.63, 3.8) is 0 Å². The molecule has 0 atom stereocenters. The van der Waals surface area contributed by atoms with Crippen molar-refractivity contribution in [1.82, 2.24) is 4.98 Å². The highest BCUT2D eigenvalue weighted by atomic mass is 79.9. The van der Waals surface area contributed by atoms with Crippen LogP contribution in [-0.2, 0) is 0 Å². The van der Waals surface area contributed by atoms with Gasteiger partial charge in [0.2, 0.25) is 0 Å². The molecule has 96 valence electrons. The summed E-state index contributed by atoms with van der Waals surface area (Å²) in [5, 5.41) is 4.22. The van der Waals surface area contributed by atoms with Gasteiger partial charge in [-0.25, -0.2) is 4.98 Å². The maximum Gasteiger partial charge on any atom is 0.188 e. The number of rotatable bonds is 2. The predicted molar refractivity (Wildman–Crippen MR) is 92.4 cm³/mol. The Morgan fingerprint density at radius 3 is 2.47 bits per heavy atom. The molecule has 0 saturated carbocycles. The second-order valence-corrected chi connectivity index (χ2v) is 7.51. The Balaban J connectivity index is 2.01. The minimum Gasteiger partial charge on any atom is -0.330 e. The molecule has 0 unspecified atom stereocenters. The van der Waals surface area contributed by atoms with Crippen LogP contribution in [0, 0.1) is 0 Å². The van der Waals surface area contributed by atoms with Gasteiger partial charge in [0, 0.05) is 13.4 Å². The smallest absolute Gasteiger partial charge is 0.188 e. The van der Waals surface area contributed by atoms with E-state index in [0.717, 1.165) is 34.5 Å². The third-order valence-electron chi connectivity index (χ3n) is 2.55. The van der Waals surface area contributed by atoms with E-state index in [1.807, 2.05) is 30.3 Å². The predicted octanol–water partition coefficient (Wildman–Crippen LogP) is 6.33. The molecule has 0 aliphatic heterocycles. The summed E-state index contributed by atoms with van der Waals surface area (Å²) in [7, 11) is 0. The van der Waals surface area contributed by atoms with Gasteiger partial charge in [0.25, 0.3) is 0 Å². The Morgan fingerprint density at radius 1 is 1.00 bits per heavy atom. The molecule has 3 aromatic rings. The first kappa shape index (κ1) is 13.5. The van der Waals surface area contributed by atoms with Gasteiger partial charge in [-0.15, -0.1) is 0 Å². The van der Waals surface area contributed by atoms with Crippen LogP contribution < -0.4 is 5.32 Å². The lowest BCUT2D eigenvalue weighted by atomic mass is 10.3. The molecule has 1 heterocycles. The van der Waals surface area contributed by atoms with Gasteiger partial charge in [-0.2, -0.15) is 0 Å². The molecule has 1 N–H and O–H groups in total. The van der Waals surface area contributed by atoms with Crippen molar-refractivity contribution in [2.24, 2.45) is 0 Å². The minimum atomic E-state index is 0.876. The molecule has 0 radical (unpaired) electrons. The lowest BCUT2D eigenvalue weighted by molar-refractivity contribution is 1.42. The highest BCUT2D eigenvalue weighted by Crippen LogP contribution is 2.36. The molecule has 1 aromatic heterocycles. The summed E-state index contributed by atoms with van der Waals surface area (Å²) in [5.41, 5.74) is 1.99. The number of benzene rings is 2. The molecule has 3 rings (SSSR count). The van der Waals surface area contributed by atoms with E-state index in [0.29, 0.717) is 0 Å². The van der Waals surface area contributed by atoms with Crippen molar-refractivity contribution in [2.75, 3.05) is 5.32 Å². The van der Waals surface area contributed by atoms with Crippen molar-refractivity contribution in [3.8, 4) is 0 Å². The SMILES string of the molecule is Brc1ccc2nc(Nc3c(Br)cccc3Br)sc2c1. The van der Waals surface area contributed by atoms with Crippen LogP contribution in [0.25, 0.3) is 10.2 Å². The second-order valence-electron chi connectivity index (χ2n) is 3.85. The van der Waals surface area contributed by atoms with Crippen molar-refractivity contribution in [2.45, 2.75) is 0 Å². The largest absolute Gasteiger partial charge is 0.330 e. The number of nitrogens with zero attached hydrogens (tertiary/aromatic N) is 1. The van der Waals surface area contributed by atoms with Gasteiger partial charge in [0.1, 0.15) is 0 Å². The summed E-state index contributed by atoms with van der Waals surface area (Å²) >= 11 is 12.2. The third-order valence-corrected chi connectivity index (χ3v) is 5.29. The molecule has 19 heavy (non-hydrogen) atoms. The average molecular weight is 463 g/mol. The van der Waals surface area contributed by atoms with Crippen LogP contribution >= 0.6 is 59.1 Å².